The van der Waals surface area contributed by atoms with Gasteiger partial charge >= 0.3 is 0 Å². The van der Waals surface area contributed by atoms with Gasteiger partial charge in [-0.1, -0.05) is 12.1 Å². The molecule has 1 saturated heterocycles. The Balaban J connectivity index is 1.66. The van der Waals surface area contributed by atoms with Crippen molar-refractivity contribution in [3.8, 4) is 11.5 Å². The Labute approximate surface area is 196 Å². The second-order valence-corrected chi connectivity index (χ2v) is 9.74. The lowest BCUT2D eigenvalue weighted by Gasteiger charge is -2.50. The first kappa shape index (κ1) is 22.3. The molecule has 3 aromatic rings. The van der Waals surface area contributed by atoms with E-state index in [0.717, 1.165) is 50.5 Å². The Hall–Kier alpha value is -2.54. The number of aromatic nitrogens is 1. The van der Waals surface area contributed by atoms with Crippen LogP contribution in [0.5, 0.6) is 11.5 Å². The summed E-state index contributed by atoms with van der Waals surface area (Å²) < 4.78 is 13.3. The van der Waals surface area contributed by atoms with Gasteiger partial charge in [-0.2, -0.15) is 0 Å². The highest BCUT2D eigenvalue weighted by atomic mass is 16.5. The van der Waals surface area contributed by atoms with Crippen molar-refractivity contribution in [3.05, 3.63) is 59.3 Å². The highest BCUT2D eigenvalue weighted by Crippen LogP contribution is 2.50. The Morgan fingerprint density at radius 1 is 1.00 bits per heavy atom. The van der Waals surface area contributed by atoms with E-state index in [-0.39, 0.29) is 18.1 Å². The van der Waals surface area contributed by atoms with Crippen LogP contribution >= 0.6 is 0 Å². The van der Waals surface area contributed by atoms with Crippen LogP contribution in [0.2, 0.25) is 0 Å². The largest absolute Gasteiger partial charge is 0.497 e. The molecule has 2 aliphatic rings. The van der Waals surface area contributed by atoms with Crippen molar-refractivity contribution >= 4 is 10.9 Å². The normalized spacial score (nSPS) is 20.8. The number of ether oxygens (including phenoxy) is 2. The number of benzene rings is 2. The first-order valence-electron chi connectivity index (χ1n) is 11.8. The molecule has 1 atom stereocenters. The van der Waals surface area contributed by atoms with Crippen LogP contribution in [0.4, 0.5) is 0 Å². The van der Waals surface area contributed by atoms with E-state index in [2.05, 4.69) is 58.8 Å². The van der Waals surface area contributed by atoms with Gasteiger partial charge in [-0.3, -0.25) is 4.90 Å². The monoisotopic (exact) mass is 449 g/mol. The lowest BCUT2D eigenvalue weighted by molar-refractivity contribution is 0.0456. The Morgan fingerprint density at radius 3 is 2.42 bits per heavy atom. The maximum atomic E-state index is 10.7. The third-order valence-corrected chi connectivity index (χ3v) is 7.88. The SMILES string of the molecule is COc1cccc(CN2CC3(CCN(C)CC3)c3c(n(C)c4cc(OC)ccc34)[C@@H]2CO)c1. The maximum Gasteiger partial charge on any atom is 0.120 e. The van der Waals surface area contributed by atoms with Gasteiger partial charge < -0.3 is 24.0 Å². The summed E-state index contributed by atoms with van der Waals surface area (Å²) in [6, 6.07) is 14.7. The van der Waals surface area contributed by atoms with Gasteiger partial charge in [-0.15, -0.1) is 0 Å². The first-order chi connectivity index (χ1) is 16.0. The van der Waals surface area contributed by atoms with Gasteiger partial charge in [0.15, 0.2) is 0 Å². The van der Waals surface area contributed by atoms with E-state index >= 15 is 0 Å². The lowest BCUT2D eigenvalue weighted by Crippen LogP contribution is -2.53. The van der Waals surface area contributed by atoms with Crippen LogP contribution in [-0.4, -0.2) is 67.0 Å². The fourth-order valence-electron chi connectivity index (χ4n) is 6.09. The van der Waals surface area contributed by atoms with Gasteiger partial charge in [0.25, 0.3) is 0 Å². The van der Waals surface area contributed by atoms with Crippen LogP contribution in [0.3, 0.4) is 0 Å². The summed E-state index contributed by atoms with van der Waals surface area (Å²) in [4.78, 5) is 4.92. The van der Waals surface area contributed by atoms with Crippen molar-refractivity contribution in [2.45, 2.75) is 30.8 Å². The van der Waals surface area contributed by atoms with Crippen LogP contribution in [-0.2, 0) is 19.0 Å². The average Bonchev–Trinajstić information content (AvgIpc) is 3.14. The van der Waals surface area contributed by atoms with Crippen LogP contribution in [0.1, 0.15) is 35.7 Å². The number of hydrogen-bond donors (Lipinski definition) is 1. The zero-order valence-corrected chi connectivity index (χ0v) is 20.2. The summed E-state index contributed by atoms with van der Waals surface area (Å²) in [7, 11) is 7.78. The number of methoxy groups -OCH3 is 2. The van der Waals surface area contributed by atoms with Gasteiger partial charge in [-0.05, 0) is 68.4 Å². The van der Waals surface area contributed by atoms with Crippen LogP contribution in [0.15, 0.2) is 42.5 Å². The molecule has 33 heavy (non-hydrogen) atoms. The van der Waals surface area contributed by atoms with E-state index in [0.29, 0.717) is 0 Å². The molecule has 176 valence electrons. The minimum Gasteiger partial charge on any atom is -0.497 e. The standard InChI is InChI=1S/C27H35N3O3/c1-28-12-10-27(11-13-28)18-30(16-19-6-5-7-20(14-19)32-3)24(17-31)26-25(27)22-9-8-21(33-4)15-23(22)29(26)2/h5-9,14-15,24,31H,10-13,16-18H2,1-4H3/t24-/m0/s1. The summed E-state index contributed by atoms with van der Waals surface area (Å²) in [6.07, 6.45) is 2.24. The molecule has 0 saturated carbocycles. The molecule has 0 radical (unpaired) electrons. The van der Waals surface area contributed by atoms with Gasteiger partial charge in [-0.25, -0.2) is 0 Å². The minimum absolute atomic E-state index is 0.0557. The first-order valence-corrected chi connectivity index (χ1v) is 11.8. The fraction of sp³-hybridized carbons (Fsp3) is 0.481. The smallest absolute Gasteiger partial charge is 0.120 e. The van der Waals surface area contributed by atoms with E-state index in [1.165, 1.54) is 27.7 Å². The molecule has 6 nitrogen and oxygen atoms in total. The highest BCUT2D eigenvalue weighted by molar-refractivity contribution is 5.88. The van der Waals surface area contributed by atoms with Gasteiger partial charge in [0.05, 0.1) is 32.4 Å². The number of aryl methyl sites for hydroxylation is 1. The molecular formula is C27H35N3O3. The van der Waals surface area contributed by atoms with Crippen molar-refractivity contribution in [1.29, 1.82) is 0 Å². The molecule has 6 heteroatoms. The Bertz CT molecular complexity index is 1150. The van der Waals surface area contributed by atoms with E-state index in [1.807, 2.05) is 12.1 Å². The van der Waals surface area contributed by atoms with E-state index in [1.54, 1.807) is 14.2 Å². The number of likely N-dealkylation sites (tertiary alicyclic amines) is 1. The second kappa shape index (κ2) is 8.67. The number of fused-ring (bicyclic) bond motifs is 4. The number of hydrogen-bond acceptors (Lipinski definition) is 5. The molecule has 2 aromatic carbocycles. The zero-order chi connectivity index (χ0) is 23.2. The number of piperidine rings is 1. The van der Waals surface area contributed by atoms with Crippen molar-refractivity contribution in [2.75, 3.05) is 47.5 Å². The van der Waals surface area contributed by atoms with Crippen molar-refractivity contribution in [1.82, 2.24) is 14.4 Å². The fourth-order valence-corrected chi connectivity index (χ4v) is 6.09. The van der Waals surface area contributed by atoms with Gasteiger partial charge in [0.1, 0.15) is 11.5 Å². The van der Waals surface area contributed by atoms with E-state index in [4.69, 9.17) is 9.47 Å². The van der Waals surface area contributed by atoms with Crippen LogP contribution in [0, 0.1) is 0 Å². The quantitative estimate of drug-likeness (QED) is 0.644. The minimum atomic E-state index is -0.0557. The molecule has 0 amide bonds. The number of nitrogens with zero attached hydrogens (tertiary/aromatic N) is 3. The lowest BCUT2D eigenvalue weighted by atomic mass is 9.68. The van der Waals surface area contributed by atoms with Crippen LogP contribution in [0.25, 0.3) is 10.9 Å². The molecule has 3 heterocycles. The molecule has 1 fully saturated rings. The molecule has 2 aliphatic heterocycles. The van der Waals surface area contributed by atoms with Crippen molar-refractivity contribution < 1.29 is 14.6 Å². The predicted octanol–water partition coefficient (Wildman–Crippen LogP) is 3.71. The summed E-state index contributed by atoms with van der Waals surface area (Å²) in [6.45, 7) is 3.99. The third kappa shape index (κ3) is 3.70. The predicted molar refractivity (Wildman–Crippen MR) is 131 cm³/mol. The summed E-state index contributed by atoms with van der Waals surface area (Å²) >= 11 is 0. The number of rotatable bonds is 5. The molecule has 1 aromatic heterocycles. The van der Waals surface area contributed by atoms with Gasteiger partial charge in [0.2, 0.25) is 0 Å². The highest BCUT2D eigenvalue weighted by Gasteiger charge is 2.47. The maximum absolute atomic E-state index is 10.7. The third-order valence-electron chi connectivity index (χ3n) is 7.88. The van der Waals surface area contributed by atoms with Crippen LogP contribution < -0.4 is 9.47 Å². The molecule has 1 N–H and O–H groups in total. The van der Waals surface area contributed by atoms with E-state index in [9.17, 15) is 5.11 Å². The molecule has 0 aliphatic carbocycles. The molecular weight excluding hydrogens is 414 g/mol. The van der Waals surface area contributed by atoms with E-state index < -0.39 is 0 Å². The number of aliphatic hydroxyl groups excluding tert-OH is 1. The Morgan fingerprint density at radius 2 is 1.73 bits per heavy atom. The van der Waals surface area contributed by atoms with Crippen molar-refractivity contribution in [3.63, 3.8) is 0 Å². The topological polar surface area (TPSA) is 50.1 Å². The molecule has 1 spiro atoms. The van der Waals surface area contributed by atoms with Crippen molar-refractivity contribution in [2.24, 2.45) is 7.05 Å². The molecule has 0 unspecified atom stereocenters. The number of aliphatic hydroxyl groups is 1. The zero-order valence-electron chi connectivity index (χ0n) is 20.2. The van der Waals surface area contributed by atoms with Gasteiger partial charge in [0, 0.05) is 42.7 Å². The summed E-state index contributed by atoms with van der Waals surface area (Å²) in [5, 5.41) is 12.0. The molecule has 5 rings (SSSR count). The second-order valence-electron chi connectivity index (χ2n) is 9.74. The summed E-state index contributed by atoms with van der Waals surface area (Å²) in [5.74, 6) is 1.74. The average molecular weight is 450 g/mol. The Kier molecular flexibility index (Phi) is 5.85. The summed E-state index contributed by atoms with van der Waals surface area (Å²) in [5.41, 5.74) is 5.15. The molecule has 0 bridgehead atoms.